The van der Waals surface area contributed by atoms with E-state index < -0.39 is 0 Å². The minimum atomic E-state index is 0. The lowest BCUT2D eigenvalue weighted by Gasteiger charge is -2.32. The fraction of sp³-hybridized carbons (Fsp3) is 0.750. The van der Waals surface area contributed by atoms with Crippen molar-refractivity contribution < 1.29 is 0 Å². The molecule has 1 aliphatic heterocycles. The number of halogens is 1. The van der Waals surface area contributed by atoms with Crippen molar-refractivity contribution in [3.05, 3.63) is 16.1 Å². The first-order valence-corrected chi connectivity index (χ1v) is 8.88. The molecule has 0 aromatic carbocycles. The van der Waals surface area contributed by atoms with Crippen molar-refractivity contribution >= 4 is 41.3 Å². The van der Waals surface area contributed by atoms with Crippen molar-refractivity contribution in [3.63, 3.8) is 0 Å². The van der Waals surface area contributed by atoms with Gasteiger partial charge in [0.15, 0.2) is 5.96 Å². The third-order valence-corrected chi connectivity index (χ3v) is 5.22. The summed E-state index contributed by atoms with van der Waals surface area (Å²) >= 11 is 1.77. The van der Waals surface area contributed by atoms with Crippen LogP contribution in [0.4, 0.5) is 0 Å². The highest BCUT2D eigenvalue weighted by Gasteiger charge is 2.18. The van der Waals surface area contributed by atoms with Gasteiger partial charge in [-0.05, 0) is 18.8 Å². The highest BCUT2D eigenvalue weighted by Crippen LogP contribution is 2.19. The Hall–Kier alpha value is -0.370. The molecule has 1 aromatic rings. The first kappa shape index (κ1) is 19.7. The van der Waals surface area contributed by atoms with Gasteiger partial charge in [-0.2, -0.15) is 0 Å². The van der Waals surface area contributed by atoms with Crippen LogP contribution in [0, 0.1) is 5.92 Å². The molecule has 1 fully saturated rings. The summed E-state index contributed by atoms with van der Waals surface area (Å²) in [4.78, 5) is 11.5. The molecular formula is C16H29IN4S. The van der Waals surface area contributed by atoms with Gasteiger partial charge in [-0.1, -0.05) is 20.8 Å². The zero-order valence-corrected chi connectivity index (χ0v) is 17.3. The molecule has 1 aromatic heterocycles. The summed E-state index contributed by atoms with van der Waals surface area (Å²) in [7, 11) is 1.88. The Labute approximate surface area is 155 Å². The van der Waals surface area contributed by atoms with Crippen molar-refractivity contribution in [2.45, 2.75) is 46.0 Å². The number of nitrogens with one attached hydrogen (secondary N) is 1. The quantitative estimate of drug-likeness (QED) is 0.444. The summed E-state index contributed by atoms with van der Waals surface area (Å²) in [6, 6.07) is 0. The largest absolute Gasteiger partial charge is 0.356 e. The number of aliphatic imine (C=N–C) groups is 1. The van der Waals surface area contributed by atoms with E-state index >= 15 is 0 Å². The molecule has 1 saturated heterocycles. The van der Waals surface area contributed by atoms with Gasteiger partial charge in [0.1, 0.15) is 0 Å². The molecule has 0 amide bonds. The molecule has 0 spiro atoms. The lowest BCUT2D eigenvalue weighted by atomic mass is 10.00. The molecule has 2 rings (SSSR count). The van der Waals surface area contributed by atoms with Crippen molar-refractivity contribution in [1.82, 2.24) is 15.2 Å². The predicted molar refractivity (Wildman–Crippen MR) is 107 cm³/mol. The number of guanidine groups is 1. The molecule has 0 unspecified atom stereocenters. The molecule has 22 heavy (non-hydrogen) atoms. The van der Waals surface area contributed by atoms with Crippen molar-refractivity contribution in [1.29, 1.82) is 0 Å². The Bertz CT molecular complexity index is 464. The van der Waals surface area contributed by atoms with Crippen LogP contribution in [0.5, 0.6) is 0 Å². The van der Waals surface area contributed by atoms with Gasteiger partial charge in [0.05, 0.1) is 10.7 Å². The van der Waals surface area contributed by atoms with Gasteiger partial charge in [-0.15, -0.1) is 35.3 Å². The van der Waals surface area contributed by atoms with E-state index in [9.17, 15) is 0 Å². The molecule has 1 N–H and O–H groups in total. The predicted octanol–water partition coefficient (Wildman–Crippen LogP) is 3.73. The fourth-order valence-corrected chi connectivity index (χ4v) is 3.43. The number of piperidine rings is 1. The first-order chi connectivity index (χ1) is 10.1. The average molecular weight is 436 g/mol. The molecule has 0 bridgehead atoms. The van der Waals surface area contributed by atoms with E-state index in [0.29, 0.717) is 5.92 Å². The number of thiazole rings is 1. The number of hydrogen-bond donors (Lipinski definition) is 1. The molecule has 0 aliphatic carbocycles. The van der Waals surface area contributed by atoms with Gasteiger partial charge in [0.25, 0.3) is 0 Å². The maximum Gasteiger partial charge on any atom is 0.193 e. The lowest BCUT2D eigenvalue weighted by molar-refractivity contribution is 0.273. The maximum absolute atomic E-state index is 4.68. The van der Waals surface area contributed by atoms with E-state index in [1.807, 2.05) is 7.05 Å². The van der Waals surface area contributed by atoms with Crippen LogP contribution >= 0.6 is 35.3 Å². The summed E-state index contributed by atoms with van der Waals surface area (Å²) in [5.74, 6) is 2.42. The zero-order valence-electron chi connectivity index (χ0n) is 14.1. The lowest BCUT2D eigenvalue weighted by Crippen LogP contribution is -2.45. The molecule has 2 heterocycles. The van der Waals surface area contributed by atoms with Crippen LogP contribution in [0.1, 0.15) is 50.2 Å². The fourth-order valence-electron chi connectivity index (χ4n) is 2.56. The Kier molecular flexibility index (Phi) is 8.67. The number of aromatic nitrogens is 1. The summed E-state index contributed by atoms with van der Waals surface area (Å²) in [6.07, 6.45) is 3.50. The van der Waals surface area contributed by atoms with Crippen LogP contribution in [0.3, 0.4) is 0 Å². The molecule has 4 nitrogen and oxygen atoms in total. The number of likely N-dealkylation sites (tertiary alicyclic amines) is 1. The van der Waals surface area contributed by atoms with Gasteiger partial charge in [-0.25, -0.2) is 4.98 Å². The van der Waals surface area contributed by atoms with Gasteiger partial charge in [0.2, 0.25) is 0 Å². The maximum atomic E-state index is 4.68. The van der Waals surface area contributed by atoms with E-state index in [1.54, 1.807) is 11.3 Å². The van der Waals surface area contributed by atoms with Crippen molar-refractivity contribution in [2.75, 3.05) is 26.7 Å². The molecule has 0 radical (unpaired) electrons. The Balaban J connectivity index is 0.00000242. The minimum absolute atomic E-state index is 0. The van der Waals surface area contributed by atoms with Gasteiger partial charge < -0.3 is 10.2 Å². The summed E-state index contributed by atoms with van der Waals surface area (Å²) < 4.78 is 0. The standard InChI is InChI=1S/C16H28N4S.HI/c1-12(2)15-19-14(11-21-15)5-8-18-16(17-4)20-9-6-13(3)7-10-20;/h11-13H,5-10H2,1-4H3,(H,17,18);1H. The van der Waals surface area contributed by atoms with Crippen LogP contribution in [0.2, 0.25) is 0 Å². The summed E-state index contributed by atoms with van der Waals surface area (Å²) in [6.45, 7) is 9.87. The van der Waals surface area contributed by atoms with Gasteiger partial charge in [-0.3, -0.25) is 4.99 Å². The molecule has 0 atom stereocenters. The highest BCUT2D eigenvalue weighted by atomic mass is 127. The summed E-state index contributed by atoms with van der Waals surface area (Å²) in [5, 5.41) is 6.90. The topological polar surface area (TPSA) is 40.5 Å². The second-order valence-corrected chi connectivity index (χ2v) is 7.12. The third-order valence-electron chi connectivity index (χ3n) is 4.02. The van der Waals surface area contributed by atoms with E-state index in [0.717, 1.165) is 37.9 Å². The van der Waals surface area contributed by atoms with Crippen LogP contribution < -0.4 is 5.32 Å². The number of nitrogens with zero attached hydrogens (tertiary/aromatic N) is 3. The minimum Gasteiger partial charge on any atom is -0.356 e. The van der Waals surface area contributed by atoms with Crippen LogP contribution in [0.25, 0.3) is 0 Å². The van der Waals surface area contributed by atoms with Gasteiger partial charge in [0, 0.05) is 44.4 Å². The highest BCUT2D eigenvalue weighted by molar-refractivity contribution is 14.0. The van der Waals surface area contributed by atoms with Crippen molar-refractivity contribution in [3.8, 4) is 0 Å². The molecule has 126 valence electrons. The van der Waals surface area contributed by atoms with E-state index in [1.165, 1.54) is 23.5 Å². The normalized spacial score (nSPS) is 16.8. The van der Waals surface area contributed by atoms with Crippen LogP contribution in [0.15, 0.2) is 10.4 Å². The Morgan fingerprint density at radius 2 is 2.14 bits per heavy atom. The second kappa shape index (κ2) is 9.70. The zero-order chi connectivity index (χ0) is 15.2. The SMILES string of the molecule is CN=C(NCCc1csc(C(C)C)n1)N1CCC(C)CC1.I. The molecule has 0 saturated carbocycles. The van der Waals surface area contributed by atoms with Gasteiger partial charge >= 0.3 is 0 Å². The third kappa shape index (κ3) is 5.68. The van der Waals surface area contributed by atoms with Crippen molar-refractivity contribution in [2.24, 2.45) is 10.9 Å². The average Bonchev–Trinajstić information content (AvgIpc) is 2.94. The summed E-state index contributed by atoms with van der Waals surface area (Å²) in [5.41, 5.74) is 1.19. The molecular weight excluding hydrogens is 407 g/mol. The number of rotatable bonds is 4. The monoisotopic (exact) mass is 436 g/mol. The van der Waals surface area contributed by atoms with Crippen LogP contribution in [-0.4, -0.2) is 42.5 Å². The van der Waals surface area contributed by atoms with E-state index in [-0.39, 0.29) is 24.0 Å². The van der Waals surface area contributed by atoms with Crippen LogP contribution in [-0.2, 0) is 6.42 Å². The van der Waals surface area contributed by atoms with E-state index in [2.05, 4.69) is 46.3 Å². The molecule has 6 heteroatoms. The first-order valence-electron chi connectivity index (χ1n) is 8.00. The second-order valence-electron chi connectivity index (χ2n) is 6.23. The number of hydrogen-bond acceptors (Lipinski definition) is 3. The Morgan fingerprint density at radius 1 is 1.45 bits per heavy atom. The Morgan fingerprint density at radius 3 is 2.68 bits per heavy atom. The smallest absolute Gasteiger partial charge is 0.193 e. The molecule has 1 aliphatic rings. The van der Waals surface area contributed by atoms with E-state index in [4.69, 9.17) is 0 Å².